The zero-order valence-electron chi connectivity index (χ0n) is 16.1. The molecular weight excluding hydrogens is 266 g/mol. The van der Waals surface area contributed by atoms with E-state index in [1.165, 1.54) is 101 Å². The summed E-state index contributed by atoms with van der Waals surface area (Å²) in [5.41, 5.74) is 2.76. The Kier molecular flexibility index (Phi) is 16.5. The molecule has 0 aliphatic carbocycles. The van der Waals surface area contributed by atoms with E-state index in [1.807, 2.05) is 0 Å². The van der Waals surface area contributed by atoms with Gasteiger partial charge in [0, 0.05) is 12.2 Å². The van der Waals surface area contributed by atoms with Crippen molar-refractivity contribution in [1.82, 2.24) is 5.32 Å². The predicted octanol–water partition coefficient (Wildman–Crippen LogP) is 7.37. The van der Waals surface area contributed by atoms with Crippen LogP contribution in [0.5, 0.6) is 0 Å². The van der Waals surface area contributed by atoms with Gasteiger partial charge < -0.3 is 5.32 Å². The number of hydrogen-bond donors (Lipinski definition) is 1. The normalized spacial score (nSPS) is 10.7. The van der Waals surface area contributed by atoms with Crippen molar-refractivity contribution in [3.05, 3.63) is 11.3 Å². The summed E-state index contributed by atoms with van der Waals surface area (Å²) in [5, 5.41) is 3.51. The molecule has 0 amide bonds. The van der Waals surface area contributed by atoms with Gasteiger partial charge in [0.05, 0.1) is 0 Å². The maximum atomic E-state index is 3.51. The number of nitrogens with one attached hydrogen (secondary N) is 1. The van der Waals surface area contributed by atoms with Gasteiger partial charge in [-0.1, -0.05) is 96.0 Å². The highest BCUT2D eigenvalue weighted by molar-refractivity contribution is 5.03. The van der Waals surface area contributed by atoms with Gasteiger partial charge in [0.2, 0.25) is 0 Å². The molecular formula is C21H43N. The van der Waals surface area contributed by atoms with Crippen molar-refractivity contribution < 1.29 is 0 Å². The third-order valence-electron chi connectivity index (χ3n) is 4.67. The monoisotopic (exact) mass is 309 g/mol. The van der Waals surface area contributed by atoms with E-state index in [2.05, 4.69) is 33.0 Å². The SMILES string of the molecule is CCCCCCCCCCCCCCCCNC(C)=C(C)C. The minimum Gasteiger partial charge on any atom is -0.389 e. The van der Waals surface area contributed by atoms with Crippen LogP contribution in [0.25, 0.3) is 0 Å². The second kappa shape index (κ2) is 16.9. The van der Waals surface area contributed by atoms with E-state index in [1.54, 1.807) is 0 Å². The Morgan fingerprint density at radius 2 is 0.909 bits per heavy atom. The first-order chi connectivity index (χ1) is 10.7. The molecule has 0 aromatic heterocycles. The third kappa shape index (κ3) is 15.9. The van der Waals surface area contributed by atoms with Crippen LogP contribution in [0.1, 0.15) is 118 Å². The molecule has 0 bridgehead atoms. The first-order valence-corrected chi connectivity index (χ1v) is 10.1. The van der Waals surface area contributed by atoms with E-state index in [4.69, 9.17) is 0 Å². The van der Waals surface area contributed by atoms with Crippen LogP contribution >= 0.6 is 0 Å². The van der Waals surface area contributed by atoms with Gasteiger partial charge in [0.15, 0.2) is 0 Å². The molecule has 0 saturated carbocycles. The van der Waals surface area contributed by atoms with Crippen molar-refractivity contribution >= 4 is 0 Å². The minimum atomic E-state index is 1.15. The molecule has 0 heterocycles. The molecule has 22 heavy (non-hydrogen) atoms. The molecule has 0 radical (unpaired) electrons. The zero-order chi connectivity index (χ0) is 16.5. The Labute approximate surface area is 141 Å². The van der Waals surface area contributed by atoms with Crippen LogP contribution in [-0.2, 0) is 0 Å². The molecule has 0 fully saturated rings. The minimum absolute atomic E-state index is 1.15. The highest BCUT2D eigenvalue weighted by Gasteiger charge is 1.95. The number of rotatable bonds is 16. The summed E-state index contributed by atoms with van der Waals surface area (Å²) in [6.07, 6.45) is 20.1. The quantitative estimate of drug-likeness (QED) is 0.293. The van der Waals surface area contributed by atoms with Gasteiger partial charge in [-0.25, -0.2) is 0 Å². The number of allylic oxidation sites excluding steroid dienone is 2. The van der Waals surface area contributed by atoms with Crippen molar-refractivity contribution in [2.24, 2.45) is 0 Å². The van der Waals surface area contributed by atoms with Crippen LogP contribution < -0.4 is 5.32 Å². The van der Waals surface area contributed by atoms with E-state index in [0.29, 0.717) is 0 Å². The summed E-state index contributed by atoms with van der Waals surface area (Å²) >= 11 is 0. The van der Waals surface area contributed by atoms with E-state index in [9.17, 15) is 0 Å². The van der Waals surface area contributed by atoms with Gasteiger partial charge in [-0.05, 0) is 27.2 Å². The molecule has 0 aliphatic rings. The first-order valence-electron chi connectivity index (χ1n) is 10.1. The molecule has 0 atom stereocenters. The van der Waals surface area contributed by atoms with E-state index in [-0.39, 0.29) is 0 Å². The summed E-state index contributed by atoms with van der Waals surface area (Å²) in [5.74, 6) is 0. The van der Waals surface area contributed by atoms with Crippen molar-refractivity contribution in [2.75, 3.05) is 6.54 Å². The summed E-state index contributed by atoms with van der Waals surface area (Å²) in [6, 6.07) is 0. The van der Waals surface area contributed by atoms with E-state index in [0.717, 1.165) is 6.54 Å². The van der Waals surface area contributed by atoms with Gasteiger partial charge in [0.25, 0.3) is 0 Å². The summed E-state index contributed by atoms with van der Waals surface area (Å²) in [4.78, 5) is 0. The van der Waals surface area contributed by atoms with Gasteiger partial charge >= 0.3 is 0 Å². The average molecular weight is 310 g/mol. The summed E-state index contributed by atoms with van der Waals surface area (Å²) < 4.78 is 0. The maximum Gasteiger partial charge on any atom is 0.0143 e. The molecule has 0 aromatic rings. The smallest absolute Gasteiger partial charge is 0.0143 e. The van der Waals surface area contributed by atoms with E-state index >= 15 is 0 Å². The van der Waals surface area contributed by atoms with Crippen molar-refractivity contribution in [3.63, 3.8) is 0 Å². The van der Waals surface area contributed by atoms with Crippen molar-refractivity contribution in [1.29, 1.82) is 0 Å². The Morgan fingerprint density at radius 3 is 1.27 bits per heavy atom. The lowest BCUT2D eigenvalue weighted by Crippen LogP contribution is -2.13. The first kappa shape index (κ1) is 21.5. The lowest BCUT2D eigenvalue weighted by molar-refractivity contribution is 0.533. The predicted molar refractivity (Wildman–Crippen MR) is 102 cm³/mol. The molecule has 0 spiro atoms. The highest BCUT2D eigenvalue weighted by Crippen LogP contribution is 2.12. The molecule has 0 rings (SSSR count). The summed E-state index contributed by atoms with van der Waals surface area (Å²) in [7, 11) is 0. The molecule has 132 valence electrons. The largest absolute Gasteiger partial charge is 0.389 e. The molecule has 0 aromatic carbocycles. The van der Waals surface area contributed by atoms with Crippen LogP contribution in [0.15, 0.2) is 11.3 Å². The highest BCUT2D eigenvalue weighted by atomic mass is 14.9. The van der Waals surface area contributed by atoms with Crippen LogP contribution in [-0.4, -0.2) is 6.54 Å². The molecule has 0 unspecified atom stereocenters. The number of unbranched alkanes of at least 4 members (excludes halogenated alkanes) is 13. The van der Waals surface area contributed by atoms with Gasteiger partial charge in [0.1, 0.15) is 0 Å². The Morgan fingerprint density at radius 1 is 0.545 bits per heavy atom. The van der Waals surface area contributed by atoms with Crippen molar-refractivity contribution in [3.8, 4) is 0 Å². The third-order valence-corrected chi connectivity index (χ3v) is 4.67. The van der Waals surface area contributed by atoms with Crippen LogP contribution in [0.4, 0.5) is 0 Å². The molecule has 1 nitrogen and oxygen atoms in total. The lowest BCUT2D eigenvalue weighted by atomic mass is 10.0. The molecule has 1 heteroatoms. The van der Waals surface area contributed by atoms with Gasteiger partial charge in [-0.15, -0.1) is 0 Å². The van der Waals surface area contributed by atoms with Crippen LogP contribution in [0.2, 0.25) is 0 Å². The van der Waals surface area contributed by atoms with Crippen LogP contribution in [0.3, 0.4) is 0 Å². The standard InChI is InChI=1S/C21H43N/c1-5-6-7-8-9-10-11-12-13-14-15-16-17-18-19-22-21(4)20(2)3/h22H,5-19H2,1-4H3. The second-order valence-corrected chi connectivity index (χ2v) is 7.15. The zero-order valence-corrected chi connectivity index (χ0v) is 16.1. The van der Waals surface area contributed by atoms with Crippen LogP contribution in [0, 0.1) is 0 Å². The molecule has 1 N–H and O–H groups in total. The number of hydrogen-bond acceptors (Lipinski definition) is 1. The van der Waals surface area contributed by atoms with Gasteiger partial charge in [-0.2, -0.15) is 0 Å². The topological polar surface area (TPSA) is 12.0 Å². The fourth-order valence-corrected chi connectivity index (χ4v) is 2.77. The van der Waals surface area contributed by atoms with Crippen molar-refractivity contribution in [2.45, 2.75) is 118 Å². The summed E-state index contributed by atoms with van der Waals surface area (Å²) in [6.45, 7) is 9.97. The molecule has 0 saturated heterocycles. The molecule has 0 aliphatic heterocycles. The fraction of sp³-hybridized carbons (Fsp3) is 0.905. The Balaban J connectivity index is 3.07. The Hall–Kier alpha value is -0.460. The van der Waals surface area contributed by atoms with Gasteiger partial charge in [-0.3, -0.25) is 0 Å². The Bertz CT molecular complexity index is 251. The fourth-order valence-electron chi connectivity index (χ4n) is 2.77. The second-order valence-electron chi connectivity index (χ2n) is 7.15. The van der Waals surface area contributed by atoms with E-state index < -0.39 is 0 Å². The maximum absolute atomic E-state index is 3.51. The average Bonchev–Trinajstić information content (AvgIpc) is 2.50. The lowest BCUT2D eigenvalue weighted by Gasteiger charge is -2.08.